The van der Waals surface area contributed by atoms with Gasteiger partial charge in [-0.3, -0.25) is 13.3 Å². The zero-order valence-electron chi connectivity index (χ0n) is 60.8. The van der Waals surface area contributed by atoms with Crippen LogP contribution in [0.15, 0.2) is 227 Å². The summed E-state index contributed by atoms with van der Waals surface area (Å²) >= 11 is 40.0. The van der Waals surface area contributed by atoms with Gasteiger partial charge in [0.1, 0.15) is 5.75 Å². The summed E-state index contributed by atoms with van der Waals surface area (Å²) in [4.78, 5) is 3.10. The van der Waals surface area contributed by atoms with Gasteiger partial charge >= 0.3 is 17.7 Å². The van der Waals surface area contributed by atoms with Crippen LogP contribution in [0.1, 0.15) is 111 Å². The molecule has 98 heavy (non-hydrogen) atoms. The average Bonchev–Trinajstić information content (AvgIpc) is 1.66. The summed E-state index contributed by atoms with van der Waals surface area (Å²) in [6.07, 6.45) is 5.72. The molecule has 0 fully saturated rings. The highest BCUT2D eigenvalue weighted by Crippen LogP contribution is 2.33. The summed E-state index contributed by atoms with van der Waals surface area (Å²) in [5.41, 5.74) is 4.78. The molecule has 9 aromatic rings. The van der Waals surface area contributed by atoms with Gasteiger partial charge in [-0.15, -0.1) is 81.3 Å². The zero-order chi connectivity index (χ0) is 77.4. The normalized spacial score (nSPS) is 8.90. The SMILES string of the molecule is CC.CC.CC.CC.CCBr.CCBr.CCBr.CCBr.CCCl.CCCl.CCCl.CCCl.CS(=O)c1ccccc1-c1ccccc1.CSc1ccccc1-c1ccccc1.CSc1ccccc1OB(O)O.Ic1ccccc1.O=S(=O)(O)O.c1ccc2c(c1)sc1ccccc12. The standard InChI is InChI=1S/C13H12OS.C13H12S.C12H8S.C7H9BO3S.C6H5I.4C2H5Br.4C2H5Cl.4C2H6.H2O4S/c1-15(14)13-10-6-5-9-12(13)11-7-3-2-4-8-11;1-14-13-10-6-5-9-12(13)11-7-3-2-4-8-11;1-3-7-11-9(5-1)10-6-2-4-8-12(10)13-11;1-12-7-5-3-2-4-6(7)11-8(9)10;7-6-4-2-1-3-5-6;8*1-2-3;4*1-2;1-5(2,3)4/h2-10H,1H3;2-10H,1H3;1-8H;2-5,9-10H,1H3;1-5H;8*2H2,1H3;4*1-2H3;(H2,1,2,3,4). The van der Waals surface area contributed by atoms with E-state index in [0.717, 1.165) is 65.8 Å². The molecular weight excluding hydrogens is 1790 g/mol. The minimum Gasteiger partial charge on any atom is -0.511 e. The van der Waals surface area contributed by atoms with Crippen LogP contribution in [-0.4, -0.2) is 103 Å². The second kappa shape index (κ2) is 91.4. The third kappa shape index (κ3) is 74.0. The molecule has 0 saturated carbocycles. The highest BCUT2D eigenvalue weighted by molar-refractivity contribution is 14.1. The quantitative estimate of drug-likeness (QED) is 0.0401. The van der Waals surface area contributed by atoms with Crippen molar-refractivity contribution < 1.29 is 36.4 Å². The second-order valence-corrected chi connectivity index (χ2v) is 28.3. The number of thioether (sulfide) groups is 2. The summed E-state index contributed by atoms with van der Waals surface area (Å²) in [7, 11) is -7.36. The van der Waals surface area contributed by atoms with Crippen molar-refractivity contribution in [3.63, 3.8) is 0 Å². The van der Waals surface area contributed by atoms with Crippen molar-refractivity contribution in [3.8, 4) is 28.0 Å². The van der Waals surface area contributed by atoms with Crippen molar-refractivity contribution >= 4 is 216 Å². The fraction of sp³-hybridized carbons (Fsp3) is 0.360. The molecule has 4 N–H and O–H groups in total. The predicted octanol–water partition coefficient (Wildman–Crippen LogP) is 28.3. The van der Waals surface area contributed by atoms with E-state index in [1.165, 1.54) is 51.5 Å². The molecule has 0 radical (unpaired) electrons. The van der Waals surface area contributed by atoms with Crippen LogP contribution in [0.2, 0.25) is 0 Å². The van der Waals surface area contributed by atoms with Crippen molar-refractivity contribution in [1.82, 2.24) is 0 Å². The molecule has 0 spiro atoms. The molecule has 0 bridgehead atoms. The lowest BCUT2D eigenvalue weighted by atomic mass is 10.1. The Morgan fingerprint density at radius 3 is 1.01 bits per heavy atom. The van der Waals surface area contributed by atoms with E-state index < -0.39 is 28.5 Å². The molecular formula is C75H112BBr4Cl4IO8S5. The van der Waals surface area contributed by atoms with Gasteiger partial charge in [0.15, 0.2) is 0 Å². The molecule has 556 valence electrons. The number of hydrogen-bond donors (Lipinski definition) is 4. The van der Waals surface area contributed by atoms with E-state index in [1.54, 1.807) is 30.2 Å². The van der Waals surface area contributed by atoms with E-state index in [9.17, 15) is 4.21 Å². The third-order valence-electron chi connectivity index (χ3n) is 8.79. The van der Waals surface area contributed by atoms with Crippen LogP contribution in [0.5, 0.6) is 5.75 Å². The van der Waals surface area contributed by atoms with Gasteiger partial charge in [-0.05, 0) is 106 Å². The lowest BCUT2D eigenvalue weighted by Crippen LogP contribution is -2.20. The summed E-state index contributed by atoms with van der Waals surface area (Å²) in [6.45, 7) is 31.7. The molecule has 1 aromatic heterocycles. The lowest BCUT2D eigenvalue weighted by Gasteiger charge is -2.07. The number of hydrogen-bond acceptors (Lipinski definition) is 9. The van der Waals surface area contributed by atoms with E-state index in [2.05, 4.69) is 202 Å². The van der Waals surface area contributed by atoms with Gasteiger partial charge in [-0.2, -0.15) is 8.42 Å². The molecule has 0 aliphatic rings. The molecule has 0 aliphatic heterocycles. The molecule has 0 saturated heterocycles. The van der Waals surface area contributed by atoms with E-state index in [0.29, 0.717) is 5.75 Å². The number of thiophene rings is 1. The van der Waals surface area contributed by atoms with E-state index in [4.69, 9.17) is 78.6 Å². The summed E-state index contributed by atoms with van der Waals surface area (Å²) in [6, 6.07) is 71.3. The molecule has 1 unspecified atom stereocenters. The van der Waals surface area contributed by atoms with Crippen LogP contribution < -0.4 is 4.65 Å². The van der Waals surface area contributed by atoms with Crippen LogP contribution in [0.4, 0.5) is 0 Å². The van der Waals surface area contributed by atoms with Gasteiger partial charge in [0, 0.05) is 89.5 Å². The van der Waals surface area contributed by atoms with Crippen molar-refractivity contribution in [3.05, 3.63) is 216 Å². The smallest absolute Gasteiger partial charge is 0.511 e. The number of fused-ring (bicyclic) bond motifs is 3. The molecule has 23 heteroatoms. The summed E-state index contributed by atoms with van der Waals surface area (Å²) in [5.74, 6) is 3.38. The van der Waals surface area contributed by atoms with Crippen molar-refractivity contribution in [1.29, 1.82) is 0 Å². The molecule has 0 amide bonds. The van der Waals surface area contributed by atoms with Crippen molar-refractivity contribution in [2.45, 2.75) is 125 Å². The molecule has 1 atom stereocenters. The Balaban J connectivity index is -0.000000129. The Morgan fingerprint density at radius 1 is 0.449 bits per heavy atom. The van der Waals surface area contributed by atoms with Gasteiger partial charge in [0.25, 0.3) is 0 Å². The molecule has 8 nitrogen and oxygen atoms in total. The number of benzene rings is 8. The Hall–Kier alpha value is -1.71. The highest BCUT2D eigenvalue weighted by atomic mass is 127. The third-order valence-corrected chi connectivity index (χ3v) is 13.2. The molecule has 0 aliphatic carbocycles. The fourth-order valence-corrected chi connectivity index (χ4v) is 9.43. The van der Waals surface area contributed by atoms with Gasteiger partial charge in [-0.1, -0.05) is 338 Å². The van der Waals surface area contributed by atoms with Gasteiger partial charge < -0.3 is 14.7 Å². The molecule has 8 aromatic carbocycles. The number of halogens is 9. The first-order valence-electron chi connectivity index (χ1n) is 31.7. The van der Waals surface area contributed by atoms with Crippen LogP contribution in [0.3, 0.4) is 0 Å². The van der Waals surface area contributed by atoms with Crippen molar-refractivity contribution in [2.75, 3.05) is 63.6 Å². The van der Waals surface area contributed by atoms with Gasteiger partial charge in [-0.25, -0.2) is 0 Å². The maximum absolute atomic E-state index is 11.6. The second-order valence-electron chi connectivity index (χ2n) is 15.5. The van der Waals surface area contributed by atoms with Crippen LogP contribution in [0.25, 0.3) is 42.4 Å². The molecule has 9 rings (SSSR count). The van der Waals surface area contributed by atoms with E-state index >= 15 is 0 Å². The van der Waals surface area contributed by atoms with Crippen LogP contribution in [-0.2, 0) is 21.2 Å². The van der Waals surface area contributed by atoms with Crippen molar-refractivity contribution in [2.24, 2.45) is 0 Å². The number of rotatable bonds is 7. The summed E-state index contributed by atoms with van der Waals surface area (Å²) < 4.78 is 51.9. The van der Waals surface area contributed by atoms with Gasteiger partial charge in [0.2, 0.25) is 0 Å². The predicted molar refractivity (Wildman–Crippen MR) is 478 cm³/mol. The lowest BCUT2D eigenvalue weighted by molar-refractivity contribution is 0.285. The van der Waals surface area contributed by atoms with Crippen LogP contribution in [0, 0.1) is 3.57 Å². The largest absolute Gasteiger partial charge is 0.707 e. The zero-order valence-corrected chi connectivity index (χ0v) is 76.4. The fourth-order valence-electron chi connectivity index (χ4n) is 5.99. The highest BCUT2D eigenvalue weighted by Gasteiger charge is 2.13. The first kappa shape index (κ1) is 115. The maximum atomic E-state index is 11.6. The minimum atomic E-state index is -4.67. The number of alkyl halides is 8. The van der Waals surface area contributed by atoms with Gasteiger partial charge in [0.05, 0.1) is 10.8 Å². The van der Waals surface area contributed by atoms with E-state index in [-0.39, 0.29) is 0 Å². The Kier molecular flexibility index (Phi) is 107. The Morgan fingerprint density at radius 2 is 0.704 bits per heavy atom. The Labute approximate surface area is 678 Å². The maximum Gasteiger partial charge on any atom is 0.707 e. The topological polar surface area (TPSA) is 141 Å². The van der Waals surface area contributed by atoms with Crippen LogP contribution >= 0.6 is 168 Å². The average molecular weight is 1900 g/mol. The minimum absolute atomic E-state index is 0.486. The number of para-hydroxylation sites is 1. The monoisotopic (exact) mass is 1890 g/mol. The first-order chi connectivity index (χ1) is 47.1. The Bertz CT molecular complexity index is 3060. The van der Waals surface area contributed by atoms with E-state index in [1.807, 2.05) is 219 Å². The molecule has 1 heterocycles. The summed E-state index contributed by atoms with van der Waals surface area (Å²) in [5, 5.41) is 24.1. The first-order valence-corrected chi connectivity index (χ1v) is 45.6.